The van der Waals surface area contributed by atoms with Gasteiger partial charge in [-0.25, -0.2) is 11.0 Å². The molecule has 186 valence electrons. The van der Waals surface area contributed by atoms with Crippen LogP contribution in [0, 0.1) is 12.4 Å². The number of benzene rings is 2. The summed E-state index contributed by atoms with van der Waals surface area (Å²) in [4.78, 5) is 35.0. The van der Waals surface area contributed by atoms with Crippen LogP contribution in [0.2, 0.25) is 0 Å². The molecule has 0 radical (unpaired) electrons. The molecule has 1 fully saturated rings. The van der Waals surface area contributed by atoms with Gasteiger partial charge < -0.3 is 20.8 Å². The number of piperidine rings is 1. The number of hydrogen-bond donors (Lipinski definition) is 2. The van der Waals surface area contributed by atoms with Gasteiger partial charge in [0.15, 0.2) is 0 Å². The van der Waals surface area contributed by atoms with Crippen LogP contribution < -0.4 is 16.0 Å². The van der Waals surface area contributed by atoms with E-state index in [1.165, 1.54) is 35.4 Å². The lowest BCUT2D eigenvalue weighted by molar-refractivity contribution is -0.118. The first-order valence-electron chi connectivity index (χ1n) is 11.8. The van der Waals surface area contributed by atoms with Crippen molar-refractivity contribution in [2.24, 2.45) is 5.73 Å². The first-order valence-corrected chi connectivity index (χ1v) is 11.8. The van der Waals surface area contributed by atoms with Crippen LogP contribution in [-0.4, -0.2) is 39.7 Å². The third-order valence-electron chi connectivity index (χ3n) is 6.69. The Balaban J connectivity index is 1.49. The predicted molar refractivity (Wildman–Crippen MR) is 137 cm³/mol. The Labute approximate surface area is 212 Å². The molecule has 1 aliphatic rings. The summed E-state index contributed by atoms with van der Waals surface area (Å²) in [6.07, 6.45) is 5.51. The molecule has 1 saturated heterocycles. The van der Waals surface area contributed by atoms with Gasteiger partial charge >= 0.3 is 0 Å². The zero-order valence-electron chi connectivity index (χ0n) is 19.9. The Morgan fingerprint density at radius 1 is 1.14 bits per heavy atom. The number of anilines is 2. The van der Waals surface area contributed by atoms with Crippen molar-refractivity contribution < 1.29 is 14.0 Å². The molecule has 3 N–H and O–H groups in total. The van der Waals surface area contributed by atoms with Crippen LogP contribution >= 0.6 is 0 Å². The molecule has 10 heteroatoms. The Morgan fingerprint density at radius 2 is 1.89 bits per heavy atom. The summed E-state index contributed by atoms with van der Waals surface area (Å²) in [6.45, 7) is 8.83. The molecule has 0 saturated carbocycles. The van der Waals surface area contributed by atoms with E-state index < -0.39 is 23.2 Å². The van der Waals surface area contributed by atoms with E-state index in [9.17, 15) is 14.0 Å². The topological polar surface area (TPSA) is 111 Å². The lowest BCUT2D eigenvalue weighted by Crippen LogP contribution is -2.41. The summed E-state index contributed by atoms with van der Waals surface area (Å²) in [5.41, 5.74) is 7.32. The number of nitrogens with two attached hydrogens (primary N) is 1. The summed E-state index contributed by atoms with van der Waals surface area (Å²) >= 11 is 0. The normalized spacial score (nSPS) is 14.8. The number of halogens is 1. The Morgan fingerprint density at radius 3 is 2.59 bits per heavy atom. The number of hydrogen-bond acceptors (Lipinski definition) is 5. The summed E-state index contributed by atoms with van der Waals surface area (Å²) in [5.74, 6) is -1.44. The van der Waals surface area contributed by atoms with Crippen molar-refractivity contribution in [2.45, 2.75) is 24.9 Å². The van der Waals surface area contributed by atoms with Crippen LogP contribution in [0.25, 0.3) is 15.7 Å². The van der Waals surface area contributed by atoms with Crippen molar-refractivity contribution in [3.8, 4) is 0 Å². The van der Waals surface area contributed by atoms with Gasteiger partial charge in [0.05, 0.1) is 28.7 Å². The average Bonchev–Trinajstić information content (AvgIpc) is 3.34. The molecule has 37 heavy (non-hydrogen) atoms. The van der Waals surface area contributed by atoms with E-state index in [0.29, 0.717) is 48.2 Å². The number of primary amides is 1. The molecule has 0 bridgehead atoms. The van der Waals surface area contributed by atoms with E-state index in [1.54, 1.807) is 6.07 Å². The van der Waals surface area contributed by atoms with E-state index in [1.807, 2.05) is 35.2 Å². The van der Waals surface area contributed by atoms with Crippen molar-refractivity contribution in [2.75, 3.05) is 23.3 Å². The fourth-order valence-corrected chi connectivity index (χ4v) is 4.84. The highest BCUT2D eigenvalue weighted by Crippen LogP contribution is 2.40. The van der Waals surface area contributed by atoms with Gasteiger partial charge in [-0.15, -0.1) is 0 Å². The van der Waals surface area contributed by atoms with Gasteiger partial charge in [0.2, 0.25) is 5.91 Å². The van der Waals surface area contributed by atoms with Gasteiger partial charge in [-0.2, -0.15) is 5.10 Å². The number of amides is 2. The van der Waals surface area contributed by atoms with E-state index in [-0.39, 0.29) is 12.1 Å². The molecular weight excluding hydrogens is 473 g/mol. The highest BCUT2D eigenvalue weighted by atomic mass is 19.1. The van der Waals surface area contributed by atoms with Crippen molar-refractivity contribution in [1.82, 2.24) is 14.8 Å². The Hall–Kier alpha value is -4.78. The number of carbonyl (C=O) groups excluding carboxylic acids is 2. The first-order chi connectivity index (χ1) is 17.9. The molecule has 1 aliphatic heterocycles. The van der Waals surface area contributed by atoms with Gasteiger partial charge in [-0.05, 0) is 18.2 Å². The van der Waals surface area contributed by atoms with Gasteiger partial charge in [0.1, 0.15) is 12.4 Å². The Bertz CT molecular complexity index is 1520. The summed E-state index contributed by atoms with van der Waals surface area (Å²) in [7, 11) is 0. The number of carbonyl (C=O) groups is 2. The highest BCUT2D eigenvalue weighted by molar-refractivity contribution is 6.12. The molecule has 5 rings (SSSR count). The van der Waals surface area contributed by atoms with E-state index in [2.05, 4.69) is 20.2 Å². The number of nitrogens with one attached hydrogen (secondary N) is 1. The summed E-state index contributed by atoms with van der Waals surface area (Å²) in [6, 6.07) is 14.0. The SMILES string of the molecule is [C-]#[N+]C1(c2ccccc2)CCN(c2c(C(=O)Nc3cnn(CC(N)=O)c3)cnc3ccc(F)cc23)CC1. The fourth-order valence-electron chi connectivity index (χ4n) is 4.84. The van der Waals surface area contributed by atoms with Crippen LogP contribution in [-0.2, 0) is 16.9 Å². The number of aromatic nitrogens is 3. The van der Waals surface area contributed by atoms with Crippen LogP contribution in [0.5, 0.6) is 0 Å². The second-order valence-electron chi connectivity index (χ2n) is 9.03. The van der Waals surface area contributed by atoms with Crippen LogP contribution in [0.15, 0.2) is 67.1 Å². The van der Waals surface area contributed by atoms with Gasteiger partial charge in [0.25, 0.3) is 11.4 Å². The zero-order valence-corrected chi connectivity index (χ0v) is 19.9. The van der Waals surface area contributed by atoms with Crippen LogP contribution in [0.3, 0.4) is 0 Å². The van der Waals surface area contributed by atoms with E-state index in [4.69, 9.17) is 12.3 Å². The maximum Gasteiger partial charge on any atom is 0.260 e. The molecule has 2 aromatic carbocycles. The molecule has 2 aromatic heterocycles. The molecule has 4 aromatic rings. The second-order valence-corrected chi connectivity index (χ2v) is 9.03. The lowest BCUT2D eigenvalue weighted by atomic mass is 9.81. The predicted octanol–water partition coefficient (Wildman–Crippen LogP) is 3.72. The number of nitrogens with zero attached hydrogens (tertiary/aromatic N) is 5. The summed E-state index contributed by atoms with van der Waals surface area (Å²) in [5, 5.41) is 7.33. The molecule has 3 heterocycles. The van der Waals surface area contributed by atoms with Crippen molar-refractivity contribution in [3.63, 3.8) is 0 Å². The third kappa shape index (κ3) is 4.71. The molecule has 9 nitrogen and oxygen atoms in total. The largest absolute Gasteiger partial charge is 0.370 e. The van der Waals surface area contributed by atoms with Crippen molar-refractivity contribution in [1.29, 1.82) is 0 Å². The third-order valence-corrected chi connectivity index (χ3v) is 6.69. The van der Waals surface area contributed by atoms with E-state index >= 15 is 0 Å². The highest BCUT2D eigenvalue weighted by Gasteiger charge is 2.43. The van der Waals surface area contributed by atoms with Gasteiger partial charge in [0, 0.05) is 49.3 Å². The minimum absolute atomic E-state index is 0.115. The number of rotatable bonds is 6. The monoisotopic (exact) mass is 497 g/mol. The number of fused-ring (bicyclic) bond motifs is 1. The maximum absolute atomic E-state index is 14.3. The standard InChI is InChI=1S/C27H24FN7O2/c1-30-27(18-5-3-2-4-6-18)9-11-34(12-10-27)25-21-13-19(28)7-8-23(21)31-15-22(25)26(37)33-20-14-32-35(16-20)17-24(29)36/h2-8,13-16H,9-12,17H2,(H2,29,36)(H,33,37). The van der Waals surface area contributed by atoms with Crippen molar-refractivity contribution in [3.05, 3.63) is 95.5 Å². The second kappa shape index (κ2) is 9.70. The lowest BCUT2D eigenvalue weighted by Gasteiger charge is -2.36. The zero-order chi connectivity index (χ0) is 26.0. The summed E-state index contributed by atoms with van der Waals surface area (Å²) < 4.78 is 15.7. The minimum atomic E-state index is -0.650. The fraction of sp³-hybridized carbons (Fsp3) is 0.222. The Kier molecular flexibility index (Phi) is 6.27. The van der Waals surface area contributed by atoms with E-state index in [0.717, 1.165) is 5.56 Å². The molecule has 0 spiro atoms. The molecule has 0 atom stereocenters. The van der Waals surface area contributed by atoms with Gasteiger partial charge in [-0.1, -0.05) is 30.3 Å². The van der Waals surface area contributed by atoms with Crippen molar-refractivity contribution >= 4 is 34.1 Å². The number of pyridine rings is 1. The average molecular weight is 498 g/mol. The quantitative estimate of drug-likeness (QED) is 0.395. The van der Waals surface area contributed by atoms with Crippen LogP contribution in [0.1, 0.15) is 28.8 Å². The van der Waals surface area contributed by atoms with Gasteiger partial charge in [-0.3, -0.25) is 19.3 Å². The van der Waals surface area contributed by atoms with Crippen LogP contribution in [0.4, 0.5) is 15.8 Å². The molecular formula is C27H24FN7O2. The minimum Gasteiger partial charge on any atom is -0.370 e. The molecule has 2 amide bonds. The molecule has 0 unspecified atom stereocenters. The first kappa shape index (κ1) is 23.9. The maximum atomic E-state index is 14.3. The smallest absolute Gasteiger partial charge is 0.260 e. The molecule has 0 aliphatic carbocycles.